The number of hydrogen-bond donors (Lipinski definition) is 1. The standard InChI is InChI=1S/C17H15ClO3S/c1-11(19)22-17(2,16(20)21)14-7-3-12(4-8-14)13-5-9-15(18)10-6-13/h3-10H,1-2H3,(H,20,21). The molecule has 5 heteroatoms. The highest BCUT2D eigenvalue weighted by molar-refractivity contribution is 8.14. The first kappa shape index (κ1) is 16.6. The maximum Gasteiger partial charge on any atom is 0.324 e. The van der Waals surface area contributed by atoms with Gasteiger partial charge in [0, 0.05) is 11.9 Å². The van der Waals surface area contributed by atoms with E-state index in [0.29, 0.717) is 10.6 Å². The summed E-state index contributed by atoms with van der Waals surface area (Å²) in [4.78, 5) is 22.9. The maximum absolute atomic E-state index is 11.6. The molecule has 1 unspecified atom stereocenters. The molecule has 0 radical (unpaired) electrons. The van der Waals surface area contributed by atoms with Gasteiger partial charge in [-0.3, -0.25) is 9.59 Å². The van der Waals surface area contributed by atoms with Crippen molar-refractivity contribution >= 4 is 34.4 Å². The van der Waals surface area contributed by atoms with Gasteiger partial charge in [0.1, 0.15) is 4.75 Å². The van der Waals surface area contributed by atoms with Crippen LogP contribution in [-0.2, 0) is 14.3 Å². The predicted octanol–water partition coefficient (Wildman–Crippen LogP) is 4.59. The van der Waals surface area contributed by atoms with Gasteiger partial charge in [-0.15, -0.1) is 0 Å². The Kier molecular flexibility index (Phi) is 4.94. The third-order valence-electron chi connectivity index (χ3n) is 3.37. The summed E-state index contributed by atoms with van der Waals surface area (Å²) in [6.07, 6.45) is 0. The summed E-state index contributed by atoms with van der Waals surface area (Å²) >= 11 is 6.68. The lowest BCUT2D eigenvalue weighted by atomic mass is 9.97. The summed E-state index contributed by atoms with van der Waals surface area (Å²) in [6.45, 7) is 2.91. The van der Waals surface area contributed by atoms with Crippen molar-refractivity contribution in [1.82, 2.24) is 0 Å². The summed E-state index contributed by atoms with van der Waals surface area (Å²) in [6, 6.07) is 14.6. The van der Waals surface area contributed by atoms with Crippen LogP contribution in [0.4, 0.5) is 0 Å². The van der Waals surface area contributed by atoms with Gasteiger partial charge in [0.25, 0.3) is 0 Å². The van der Waals surface area contributed by atoms with Gasteiger partial charge in [-0.05, 0) is 35.7 Å². The fraction of sp³-hybridized carbons (Fsp3) is 0.176. The average Bonchev–Trinajstić information content (AvgIpc) is 2.47. The van der Waals surface area contributed by atoms with Crippen molar-refractivity contribution in [2.45, 2.75) is 18.6 Å². The number of thioether (sulfide) groups is 1. The second-order valence-electron chi connectivity index (χ2n) is 5.02. The van der Waals surface area contributed by atoms with Gasteiger partial charge in [0.2, 0.25) is 0 Å². The van der Waals surface area contributed by atoms with Crippen molar-refractivity contribution in [1.29, 1.82) is 0 Å². The second-order valence-corrected chi connectivity index (χ2v) is 7.05. The van der Waals surface area contributed by atoms with Crippen molar-refractivity contribution in [3.05, 3.63) is 59.1 Å². The summed E-state index contributed by atoms with van der Waals surface area (Å²) in [7, 11) is 0. The van der Waals surface area contributed by atoms with Crippen LogP contribution in [0.2, 0.25) is 5.02 Å². The van der Waals surface area contributed by atoms with Crippen molar-refractivity contribution in [3.8, 4) is 11.1 Å². The first-order chi connectivity index (χ1) is 10.3. The Morgan fingerprint density at radius 1 is 1.00 bits per heavy atom. The molecule has 0 amide bonds. The van der Waals surface area contributed by atoms with E-state index in [0.717, 1.165) is 22.9 Å². The number of carboxylic acid groups (broad SMARTS) is 1. The van der Waals surface area contributed by atoms with E-state index in [1.165, 1.54) is 6.92 Å². The molecule has 2 aromatic rings. The van der Waals surface area contributed by atoms with Crippen molar-refractivity contribution < 1.29 is 14.7 Å². The molecule has 0 saturated carbocycles. The third kappa shape index (κ3) is 3.51. The zero-order valence-electron chi connectivity index (χ0n) is 12.2. The van der Waals surface area contributed by atoms with Gasteiger partial charge >= 0.3 is 5.97 Å². The molecule has 1 N–H and O–H groups in total. The molecule has 2 rings (SSSR count). The van der Waals surface area contributed by atoms with Gasteiger partial charge in [-0.2, -0.15) is 0 Å². The number of hydrogen-bond acceptors (Lipinski definition) is 3. The van der Waals surface area contributed by atoms with Crippen LogP contribution < -0.4 is 0 Å². The molecule has 0 bridgehead atoms. The fourth-order valence-electron chi connectivity index (χ4n) is 2.14. The Morgan fingerprint density at radius 3 is 1.86 bits per heavy atom. The number of benzene rings is 2. The third-order valence-corrected chi connectivity index (χ3v) is 4.73. The lowest BCUT2D eigenvalue weighted by molar-refractivity contribution is -0.139. The van der Waals surface area contributed by atoms with E-state index in [1.807, 2.05) is 24.3 Å². The molecule has 0 saturated heterocycles. The number of carboxylic acids is 1. The first-order valence-electron chi connectivity index (χ1n) is 6.62. The molecule has 0 aliphatic rings. The van der Waals surface area contributed by atoms with Gasteiger partial charge in [-0.1, -0.05) is 59.8 Å². The molecule has 0 heterocycles. The van der Waals surface area contributed by atoms with Crippen LogP contribution in [0.1, 0.15) is 19.4 Å². The molecule has 114 valence electrons. The summed E-state index contributed by atoms with van der Waals surface area (Å²) in [5.74, 6) is -1.04. The smallest absolute Gasteiger partial charge is 0.324 e. The SMILES string of the molecule is CC(=O)SC(C)(C(=O)O)c1ccc(-c2ccc(Cl)cc2)cc1. The van der Waals surface area contributed by atoms with Crippen molar-refractivity contribution in [3.63, 3.8) is 0 Å². The van der Waals surface area contributed by atoms with E-state index >= 15 is 0 Å². The average molecular weight is 335 g/mol. The Bertz CT molecular complexity index is 695. The fourth-order valence-corrected chi connectivity index (χ4v) is 3.18. The highest BCUT2D eigenvalue weighted by Gasteiger charge is 2.37. The molecule has 0 aromatic heterocycles. The molecule has 0 aliphatic heterocycles. The number of halogens is 1. The molecule has 0 fully saturated rings. The number of carbonyl (C=O) groups excluding carboxylic acids is 1. The van der Waals surface area contributed by atoms with Crippen molar-refractivity contribution in [2.24, 2.45) is 0 Å². The van der Waals surface area contributed by atoms with Gasteiger partial charge < -0.3 is 5.11 Å². The van der Waals surface area contributed by atoms with Crippen LogP contribution in [-0.4, -0.2) is 16.2 Å². The quantitative estimate of drug-likeness (QED) is 0.888. The molecular formula is C17H15ClO3S. The van der Waals surface area contributed by atoms with Crippen LogP contribution in [0.3, 0.4) is 0 Å². The van der Waals surface area contributed by atoms with E-state index < -0.39 is 10.7 Å². The van der Waals surface area contributed by atoms with E-state index in [1.54, 1.807) is 31.2 Å². The summed E-state index contributed by atoms with van der Waals surface area (Å²) < 4.78 is -1.29. The highest BCUT2D eigenvalue weighted by Crippen LogP contribution is 2.37. The van der Waals surface area contributed by atoms with Crippen LogP contribution in [0.25, 0.3) is 11.1 Å². The Hall–Kier alpha value is -1.78. The van der Waals surface area contributed by atoms with Gasteiger partial charge in [0.05, 0.1) is 0 Å². The molecule has 3 nitrogen and oxygen atoms in total. The Balaban J connectivity index is 2.36. The topological polar surface area (TPSA) is 54.4 Å². The minimum absolute atomic E-state index is 0.230. The second kappa shape index (κ2) is 6.55. The maximum atomic E-state index is 11.6. The minimum Gasteiger partial charge on any atom is -0.480 e. The van der Waals surface area contributed by atoms with Gasteiger partial charge in [0.15, 0.2) is 5.12 Å². The van der Waals surface area contributed by atoms with Crippen LogP contribution in [0.15, 0.2) is 48.5 Å². The van der Waals surface area contributed by atoms with E-state index in [4.69, 9.17) is 11.6 Å². The van der Waals surface area contributed by atoms with E-state index in [9.17, 15) is 14.7 Å². The normalized spacial score (nSPS) is 13.4. The number of rotatable bonds is 4. The molecule has 22 heavy (non-hydrogen) atoms. The van der Waals surface area contributed by atoms with E-state index in [-0.39, 0.29) is 5.12 Å². The lowest BCUT2D eigenvalue weighted by Crippen LogP contribution is -2.29. The summed E-state index contributed by atoms with van der Waals surface area (Å²) in [5, 5.41) is 9.90. The van der Waals surface area contributed by atoms with Crippen molar-refractivity contribution in [2.75, 3.05) is 0 Å². The highest BCUT2D eigenvalue weighted by atomic mass is 35.5. The van der Waals surface area contributed by atoms with Crippen LogP contribution in [0.5, 0.6) is 0 Å². The summed E-state index contributed by atoms with van der Waals surface area (Å²) in [5.41, 5.74) is 2.53. The minimum atomic E-state index is -1.29. The van der Waals surface area contributed by atoms with Crippen LogP contribution >= 0.6 is 23.4 Å². The monoisotopic (exact) mass is 334 g/mol. The Labute approximate surface area is 138 Å². The van der Waals surface area contributed by atoms with Crippen LogP contribution in [0, 0.1) is 0 Å². The zero-order valence-corrected chi connectivity index (χ0v) is 13.7. The molecule has 0 aliphatic carbocycles. The molecular weight excluding hydrogens is 320 g/mol. The predicted molar refractivity (Wildman–Crippen MR) is 90.1 cm³/mol. The zero-order chi connectivity index (χ0) is 16.3. The van der Waals surface area contributed by atoms with Gasteiger partial charge in [-0.25, -0.2) is 0 Å². The molecule has 2 aromatic carbocycles. The number of aliphatic carboxylic acids is 1. The number of carbonyl (C=O) groups is 2. The lowest BCUT2D eigenvalue weighted by Gasteiger charge is -2.23. The molecule has 1 atom stereocenters. The largest absolute Gasteiger partial charge is 0.480 e. The Morgan fingerprint density at radius 2 is 1.45 bits per heavy atom. The molecule has 0 spiro atoms. The first-order valence-corrected chi connectivity index (χ1v) is 7.82. The van der Waals surface area contributed by atoms with E-state index in [2.05, 4.69) is 0 Å².